The van der Waals surface area contributed by atoms with Crippen LogP contribution < -0.4 is 4.72 Å². The number of thiazole rings is 1. The van der Waals surface area contributed by atoms with Gasteiger partial charge in [0.15, 0.2) is 5.13 Å². The monoisotopic (exact) mass is 279 g/mol. The summed E-state index contributed by atoms with van der Waals surface area (Å²) in [6.45, 7) is 1.70. The van der Waals surface area contributed by atoms with Crippen LogP contribution in [0.4, 0.5) is 5.13 Å². The largest absolute Gasteiger partial charge is 0.263 e. The van der Waals surface area contributed by atoms with Gasteiger partial charge in [-0.05, 0) is 30.7 Å². The third kappa shape index (κ3) is 2.50. The molecule has 0 spiro atoms. The van der Waals surface area contributed by atoms with Crippen molar-refractivity contribution in [2.75, 3.05) is 4.72 Å². The van der Waals surface area contributed by atoms with E-state index in [1.54, 1.807) is 12.3 Å². The van der Waals surface area contributed by atoms with Crippen molar-refractivity contribution >= 4 is 26.5 Å². The van der Waals surface area contributed by atoms with Crippen LogP contribution in [-0.2, 0) is 10.0 Å². The Bertz CT molecular complexity index is 700. The third-order valence-corrected chi connectivity index (χ3v) is 4.44. The van der Waals surface area contributed by atoms with Gasteiger partial charge in [-0.1, -0.05) is 0 Å². The van der Waals surface area contributed by atoms with E-state index in [4.69, 9.17) is 5.26 Å². The first-order chi connectivity index (χ1) is 8.53. The first-order valence-corrected chi connectivity index (χ1v) is 7.32. The van der Waals surface area contributed by atoms with Crippen LogP contribution in [0, 0.1) is 18.3 Å². The van der Waals surface area contributed by atoms with E-state index in [9.17, 15) is 8.42 Å². The summed E-state index contributed by atoms with van der Waals surface area (Å²) in [5.74, 6) is 0. The predicted octanol–water partition coefficient (Wildman–Crippen LogP) is 2.12. The van der Waals surface area contributed by atoms with Crippen LogP contribution in [0.25, 0.3) is 0 Å². The molecule has 18 heavy (non-hydrogen) atoms. The van der Waals surface area contributed by atoms with Gasteiger partial charge in [0.05, 0.1) is 16.5 Å². The van der Waals surface area contributed by atoms with Crippen LogP contribution >= 0.6 is 11.3 Å². The minimum Gasteiger partial charge on any atom is -0.255 e. The first-order valence-electron chi connectivity index (χ1n) is 4.96. The van der Waals surface area contributed by atoms with Crippen LogP contribution in [0.15, 0.2) is 34.7 Å². The van der Waals surface area contributed by atoms with Gasteiger partial charge in [-0.3, -0.25) is 4.72 Å². The second-order valence-corrected chi connectivity index (χ2v) is 6.11. The Morgan fingerprint density at radius 1 is 1.44 bits per heavy atom. The summed E-state index contributed by atoms with van der Waals surface area (Å²) >= 11 is 1.20. The van der Waals surface area contributed by atoms with E-state index in [1.807, 2.05) is 6.07 Å². The van der Waals surface area contributed by atoms with E-state index in [2.05, 4.69) is 9.71 Å². The van der Waals surface area contributed by atoms with Crippen LogP contribution in [0.3, 0.4) is 0 Å². The molecule has 0 saturated carbocycles. The van der Waals surface area contributed by atoms with Crippen LogP contribution in [-0.4, -0.2) is 13.4 Å². The lowest BCUT2D eigenvalue weighted by Crippen LogP contribution is -2.13. The Hall–Kier alpha value is -1.91. The van der Waals surface area contributed by atoms with Gasteiger partial charge >= 0.3 is 0 Å². The molecule has 92 valence electrons. The zero-order valence-electron chi connectivity index (χ0n) is 9.41. The number of nitrogens with zero attached hydrogens (tertiary/aromatic N) is 2. The molecular formula is C11H9N3O2S2. The van der Waals surface area contributed by atoms with Gasteiger partial charge in [-0.15, -0.1) is 11.3 Å². The number of aryl methyl sites for hydroxylation is 1. The van der Waals surface area contributed by atoms with E-state index < -0.39 is 10.0 Å². The maximum Gasteiger partial charge on any atom is 0.263 e. The van der Waals surface area contributed by atoms with E-state index in [-0.39, 0.29) is 4.90 Å². The van der Waals surface area contributed by atoms with Gasteiger partial charge < -0.3 is 0 Å². The SMILES string of the molecule is Cc1cc(S(=O)(=O)Nc2nccs2)ccc1C#N. The Balaban J connectivity index is 2.36. The second kappa shape index (κ2) is 4.76. The number of benzene rings is 1. The summed E-state index contributed by atoms with van der Waals surface area (Å²) in [7, 11) is -3.64. The number of nitrogens with one attached hydrogen (secondary N) is 1. The fraction of sp³-hybridized carbons (Fsp3) is 0.0909. The summed E-state index contributed by atoms with van der Waals surface area (Å²) in [6.07, 6.45) is 1.52. The summed E-state index contributed by atoms with van der Waals surface area (Å²) in [6, 6.07) is 6.36. The van der Waals surface area contributed by atoms with Crippen molar-refractivity contribution in [1.29, 1.82) is 5.26 Å². The standard InChI is InChI=1S/C11H9N3O2S2/c1-8-6-10(3-2-9(8)7-12)18(15,16)14-11-13-4-5-17-11/h2-6H,1H3,(H,13,14). The minimum absolute atomic E-state index is 0.120. The molecule has 1 aromatic heterocycles. The topological polar surface area (TPSA) is 82.8 Å². The predicted molar refractivity (Wildman–Crippen MR) is 68.8 cm³/mol. The molecule has 0 aliphatic heterocycles. The highest BCUT2D eigenvalue weighted by Crippen LogP contribution is 2.19. The molecule has 0 aliphatic rings. The fourth-order valence-corrected chi connectivity index (χ4v) is 3.25. The van der Waals surface area contributed by atoms with Crippen LogP contribution in [0.1, 0.15) is 11.1 Å². The van der Waals surface area contributed by atoms with Crippen molar-refractivity contribution in [2.45, 2.75) is 11.8 Å². The fourth-order valence-electron chi connectivity index (χ4n) is 1.38. The van der Waals surface area contributed by atoms with Crippen molar-refractivity contribution in [3.63, 3.8) is 0 Å². The molecule has 0 aliphatic carbocycles. The molecule has 5 nitrogen and oxygen atoms in total. The summed E-state index contributed by atoms with van der Waals surface area (Å²) in [5, 5.41) is 10.8. The molecule has 7 heteroatoms. The highest BCUT2D eigenvalue weighted by atomic mass is 32.2. The summed E-state index contributed by atoms with van der Waals surface area (Å²) < 4.78 is 26.4. The molecule has 1 heterocycles. The number of sulfonamides is 1. The molecule has 0 fully saturated rings. The van der Waals surface area contributed by atoms with Gasteiger partial charge in [-0.2, -0.15) is 5.26 Å². The summed E-state index contributed by atoms with van der Waals surface area (Å²) in [5.41, 5.74) is 1.09. The number of anilines is 1. The Labute approximate surface area is 109 Å². The number of rotatable bonds is 3. The maximum absolute atomic E-state index is 12.0. The molecule has 0 unspecified atom stereocenters. The number of nitriles is 1. The molecule has 0 atom stereocenters. The van der Waals surface area contributed by atoms with Crippen LogP contribution in [0.2, 0.25) is 0 Å². The minimum atomic E-state index is -3.64. The third-order valence-electron chi connectivity index (χ3n) is 2.28. The first kappa shape index (κ1) is 12.5. The molecule has 0 bridgehead atoms. The quantitative estimate of drug-likeness (QED) is 0.932. The molecular weight excluding hydrogens is 270 g/mol. The van der Waals surface area contributed by atoms with E-state index >= 15 is 0 Å². The lowest BCUT2D eigenvalue weighted by atomic mass is 10.1. The molecule has 0 radical (unpaired) electrons. The van der Waals surface area contributed by atoms with Crippen LogP contribution in [0.5, 0.6) is 0 Å². The molecule has 0 saturated heterocycles. The van der Waals surface area contributed by atoms with Crippen molar-refractivity contribution < 1.29 is 8.42 Å². The molecule has 0 amide bonds. The Morgan fingerprint density at radius 3 is 2.78 bits per heavy atom. The lowest BCUT2D eigenvalue weighted by Gasteiger charge is -2.06. The molecule has 2 aromatic rings. The summed E-state index contributed by atoms with van der Waals surface area (Å²) in [4.78, 5) is 3.98. The smallest absolute Gasteiger partial charge is 0.255 e. The van der Waals surface area contributed by atoms with Crippen molar-refractivity contribution in [2.24, 2.45) is 0 Å². The zero-order chi connectivity index (χ0) is 13.2. The maximum atomic E-state index is 12.0. The number of aromatic nitrogens is 1. The highest BCUT2D eigenvalue weighted by molar-refractivity contribution is 7.93. The molecule has 2 rings (SSSR count). The van der Waals surface area contributed by atoms with Gasteiger partial charge in [0, 0.05) is 11.6 Å². The van der Waals surface area contributed by atoms with Gasteiger partial charge in [0.2, 0.25) is 0 Å². The van der Waals surface area contributed by atoms with Crippen molar-refractivity contribution in [3.8, 4) is 6.07 Å². The molecule has 1 aromatic carbocycles. The number of hydrogen-bond acceptors (Lipinski definition) is 5. The second-order valence-electron chi connectivity index (χ2n) is 3.53. The van der Waals surface area contributed by atoms with Crippen molar-refractivity contribution in [3.05, 3.63) is 40.9 Å². The van der Waals surface area contributed by atoms with Crippen molar-refractivity contribution in [1.82, 2.24) is 4.98 Å². The van der Waals surface area contributed by atoms with Gasteiger partial charge in [0.25, 0.3) is 10.0 Å². The van der Waals surface area contributed by atoms with Gasteiger partial charge in [-0.25, -0.2) is 13.4 Å². The molecule has 1 N–H and O–H groups in total. The normalized spacial score (nSPS) is 10.9. The lowest BCUT2D eigenvalue weighted by molar-refractivity contribution is 0.601. The van der Waals surface area contributed by atoms with E-state index in [0.29, 0.717) is 16.3 Å². The average molecular weight is 279 g/mol. The average Bonchev–Trinajstić information content (AvgIpc) is 2.81. The van der Waals surface area contributed by atoms with E-state index in [1.165, 1.54) is 35.7 Å². The van der Waals surface area contributed by atoms with Gasteiger partial charge in [0.1, 0.15) is 0 Å². The Kier molecular flexibility index (Phi) is 3.32. The zero-order valence-corrected chi connectivity index (χ0v) is 11.0. The highest BCUT2D eigenvalue weighted by Gasteiger charge is 2.16. The Morgan fingerprint density at radius 2 is 2.22 bits per heavy atom. The number of hydrogen-bond donors (Lipinski definition) is 1. The van der Waals surface area contributed by atoms with E-state index in [0.717, 1.165) is 0 Å².